The van der Waals surface area contributed by atoms with E-state index in [2.05, 4.69) is 66.3 Å². The lowest BCUT2D eigenvalue weighted by atomic mass is 10.0. The monoisotopic (exact) mass is 360 g/mol. The van der Waals surface area contributed by atoms with Gasteiger partial charge in [-0.05, 0) is 78.7 Å². The van der Waals surface area contributed by atoms with E-state index in [1.54, 1.807) is 0 Å². The van der Waals surface area contributed by atoms with Crippen molar-refractivity contribution in [1.29, 1.82) is 0 Å². The zero-order chi connectivity index (χ0) is 19.5. The molecule has 1 fully saturated rings. The van der Waals surface area contributed by atoms with Crippen LogP contribution in [-0.2, 0) is 9.47 Å². The molecular formula is C24H40O2. The van der Waals surface area contributed by atoms with Gasteiger partial charge in [0.05, 0.1) is 12.7 Å². The molecule has 0 spiro atoms. The molecule has 148 valence electrons. The number of allylic oxidation sites excluding steroid dienone is 6. The molecule has 0 saturated carbocycles. The van der Waals surface area contributed by atoms with Crippen LogP contribution in [0.2, 0.25) is 0 Å². The fourth-order valence-corrected chi connectivity index (χ4v) is 2.92. The highest BCUT2D eigenvalue weighted by molar-refractivity contribution is 5.07. The van der Waals surface area contributed by atoms with E-state index in [-0.39, 0.29) is 12.4 Å². The fraction of sp³-hybridized carbons (Fsp3) is 0.667. The Bertz CT molecular complexity index is 520. The summed E-state index contributed by atoms with van der Waals surface area (Å²) in [7, 11) is 0. The number of ether oxygens (including phenoxy) is 2. The van der Waals surface area contributed by atoms with Gasteiger partial charge >= 0.3 is 0 Å². The van der Waals surface area contributed by atoms with Crippen LogP contribution in [0.3, 0.4) is 0 Å². The van der Waals surface area contributed by atoms with E-state index < -0.39 is 0 Å². The van der Waals surface area contributed by atoms with Crippen LogP contribution in [0.1, 0.15) is 80.1 Å². The minimum Gasteiger partial charge on any atom is -0.348 e. The third-order valence-corrected chi connectivity index (χ3v) is 5.06. The van der Waals surface area contributed by atoms with Crippen LogP contribution in [-0.4, -0.2) is 19.0 Å². The van der Waals surface area contributed by atoms with Crippen molar-refractivity contribution in [2.24, 2.45) is 5.92 Å². The molecular weight excluding hydrogens is 320 g/mol. The lowest BCUT2D eigenvalue weighted by molar-refractivity contribution is -0.210. The molecule has 26 heavy (non-hydrogen) atoms. The van der Waals surface area contributed by atoms with Crippen molar-refractivity contribution < 1.29 is 9.47 Å². The first-order chi connectivity index (χ1) is 12.3. The van der Waals surface area contributed by atoms with Crippen molar-refractivity contribution in [2.45, 2.75) is 92.5 Å². The van der Waals surface area contributed by atoms with Crippen LogP contribution < -0.4 is 0 Å². The lowest BCUT2D eigenvalue weighted by Crippen LogP contribution is -2.37. The highest BCUT2D eigenvalue weighted by Gasteiger charge is 2.26. The molecule has 3 atom stereocenters. The van der Waals surface area contributed by atoms with E-state index >= 15 is 0 Å². The molecule has 0 aromatic carbocycles. The lowest BCUT2D eigenvalue weighted by Gasteiger charge is -2.33. The van der Waals surface area contributed by atoms with Crippen molar-refractivity contribution in [3.05, 3.63) is 47.1 Å². The van der Waals surface area contributed by atoms with Gasteiger partial charge in [0.25, 0.3) is 0 Å². The van der Waals surface area contributed by atoms with Gasteiger partial charge in [-0.3, -0.25) is 0 Å². The standard InChI is InChI=1S/C24H40O2/c1-18(2)11-8-12-19(3)13-9-14-20(4)15-10-16-21(5)24-25-17-22(6)23(7)26-24/h11,13,15,22-24H,5,8-10,12,14,16-17H2,1-4,6-7H3. The highest BCUT2D eigenvalue weighted by atomic mass is 16.7. The van der Waals surface area contributed by atoms with Crippen molar-refractivity contribution in [1.82, 2.24) is 0 Å². The maximum absolute atomic E-state index is 5.90. The second-order valence-electron chi connectivity index (χ2n) is 8.14. The third-order valence-electron chi connectivity index (χ3n) is 5.06. The zero-order valence-electron chi connectivity index (χ0n) is 17.9. The molecule has 0 amide bonds. The Kier molecular flexibility index (Phi) is 10.8. The summed E-state index contributed by atoms with van der Waals surface area (Å²) in [6, 6.07) is 0. The van der Waals surface area contributed by atoms with Crippen molar-refractivity contribution >= 4 is 0 Å². The summed E-state index contributed by atoms with van der Waals surface area (Å²) in [6.45, 7) is 18.0. The summed E-state index contributed by atoms with van der Waals surface area (Å²) in [6.07, 6.45) is 13.6. The Hall–Kier alpha value is -1.12. The predicted molar refractivity (Wildman–Crippen MR) is 113 cm³/mol. The van der Waals surface area contributed by atoms with E-state index in [1.165, 1.54) is 23.1 Å². The van der Waals surface area contributed by atoms with Crippen LogP contribution in [0.4, 0.5) is 0 Å². The average Bonchev–Trinajstić information content (AvgIpc) is 2.56. The molecule has 1 aliphatic rings. The molecule has 3 unspecified atom stereocenters. The smallest absolute Gasteiger partial charge is 0.179 e. The second-order valence-corrected chi connectivity index (χ2v) is 8.14. The van der Waals surface area contributed by atoms with Gasteiger partial charge in [0, 0.05) is 5.92 Å². The maximum Gasteiger partial charge on any atom is 0.179 e. The molecule has 2 heteroatoms. The molecule has 0 radical (unpaired) electrons. The van der Waals surface area contributed by atoms with Crippen LogP contribution >= 0.6 is 0 Å². The first kappa shape index (κ1) is 22.9. The molecule has 0 bridgehead atoms. The number of hydrogen-bond acceptors (Lipinski definition) is 2. The zero-order valence-corrected chi connectivity index (χ0v) is 17.9. The Morgan fingerprint density at radius 3 is 1.96 bits per heavy atom. The molecule has 0 aliphatic carbocycles. The molecule has 0 N–H and O–H groups in total. The maximum atomic E-state index is 5.90. The highest BCUT2D eigenvalue weighted by Crippen LogP contribution is 2.24. The van der Waals surface area contributed by atoms with Gasteiger partial charge in [-0.25, -0.2) is 0 Å². The van der Waals surface area contributed by atoms with Gasteiger partial charge in [0.2, 0.25) is 0 Å². The van der Waals surface area contributed by atoms with Gasteiger partial charge in [-0.15, -0.1) is 0 Å². The summed E-state index contributed by atoms with van der Waals surface area (Å²) in [5.41, 5.74) is 5.42. The van der Waals surface area contributed by atoms with Crippen LogP contribution in [0, 0.1) is 5.92 Å². The first-order valence-electron chi connectivity index (χ1n) is 10.2. The van der Waals surface area contributed by atoms with Gasteiger partial charge in [-0.1, -0.05) is 48.5 Å². The quantitative estimate of drug-likeness (QED) is 0.385. The molecule has 1 aliphatic heterocycles. The first-order valence-corrected chi connectivity index (χ1v) is 10.2. The van der Waals surface area contributed by atoms with Crippen LogP contribution in [0.5, 0.6) is 0 Å². The van der Waals surface area contributed by atoms with E-state index in [9.17, 15) is 0 Å². The minimum atomic E-state index is -0.221. The van der Waals surface area contributed by atoms with Gasteiger partial charge < -0.3 is 9.47 Å². The molecule has 1 heterocycles. The SMILES string of the molecule is C=C(CCC=C(C)CCC=C(C)CCC=C(C)C)C1OCC(C)C(C)O1. The van der Waals surface area contributed by atoms with Crippen molar-refractivity contribution in [3.63, 3.8) is 0 Å². The van der Waals surface area contributed by atoms with E-state index in [0.29, 0.717) is 5.92 Å². The van der Waals surface area contributed by atoms with Crippen molar-refractivity contribution in [2.75, 3.05) is 6.61 Å². The van der Waals surface area contributed by atoms with Gasteiger partial charge in [0.15, 0.2) is 6.29 Å². The Balaban J connectivity index is 2.25. The third kappa shape index (κ3) is 9.54. The predicted octanol–water partition coefficient (Wildman–Crippen LogP) is 7.14. The Morgan fingerprint density at radius 1 is 0.885 bits per heavy atom. The summed E-state index contributed by atoms with van der Waals surface area (Å²) < 4.78 is 11.7. The van der Waals surface area contributed by atoms with Crippen LogP contribution in [0.25, 0.3) is 0 Å². The van der Waals surface area contributed by atoms with Gasteiger partial charge in [-0.2, -0.15) is 0 Å². The fourth-order valence-electron chi connectivity index (χ4n) is 2.92. The summed E-state index contributed by atoms with van der Waals surface area (Å²) >= 11 is 0. The average molecular weight is 361 g/mol. The topological polar surface area (TPSA) is 18.5 Å². The second kappa shape index (κ2) is 12.3. The molecule has 1 saturated heterocycles. The Morgan fingerprint density at radius 2 is 1.42 bits per heavy atom. The summed E-state index contributed by atoms with van der Waals surface area (Å²) in [5, 5.41) is 0. The van der Waals surface area contributed by atoms with Crippen LogP contribution in [0.15, 0.2) is 47.1 Å². The van der Waals surface area contributed by atoms with Crippen molar-refractivity contribution in [3.8, 4) is 0 Å². The Labute approximate surface area is 162 Å². The molecule has 2 nitrogen and oxygen atoms in total. The molecule has 0 aromatic heterocycles. The molecule has 0 aromatic rings. The number of hydrogen-bond donors (Lipinski definition) is 0. The van der Waals surface area contributed by atoms with Gasteiger partial charge in [0.1, 0.15) is 0 Å². The number of rotatable bonds is 10. The molecule has 1 rings (SSSR count). The minimum absolute atomic E-state index is 0.221. The van der Waals surface area contributed by atoms with E-state index in [0.717, 1.165) is 44.3 Å². The summed E-state index contributed by atoms with van der Waals surface area (Å²) in [5.74, 6) is 0.458. The van der Waals surface area contributed by atoms with E-state index in [4.69, 9.17) is 9.47 Å². The van der Waals surface area contributed by atoms with E-state index in [1.807, 2.05) is 0 Å². The summed E-state index contributed by atoms with van der Waals surface area (Å²) in [4.78, 5) is 0. The normalized spacial score (nSPS) is 24.5. The largest absolute Gasteiger partial charge is 0.348 e.